The maximum atomic E-state index is 12.5. The lowest BCUT2D eigenvalue weighted by atomic mass is 9.96. The number of carboxylic acids is 1. The highest BCUT2D eigenvalue weighted by Crippen LogP contribution is 2.37. The van der Waals surface area contributed by atoms with Crippen molar-refractivity contribution in [1.29, 1.82) is 0 Å². The van der Waals surface area contributed by atoms with Gasteiger partial charge in [-0.25, -0.2) is 0 Å². The SMILES string of the molecule is CC(C(=O)Nc1ccc(C(=O)N2CCC(C(=O)O)CC2)cc1)C1CC1. The summed E-state index contributed by atoms with van der Waals surface area (Å²) >= 11 is 0. The minimum atomic E-state index is -0.785. The number of carbonyl (C=O) groups excluding carboxylic acids is 2. The van der Waals surface area contributed by atoms with Gasteiger partial charge in [-0.05, 0) is 55.9 Å². The minimum Gasteiger partial charge on any atom is -0.481 e. The molecule has 1 aliphatic carbocycles. The highest BCUT2D eigenvalue weighted by atomic mass is 16.4. The van der Waals surface area contributed by atoms with E-state index in [0.29, 0.717) is 43.1 Å². The summed E-state index contributed by atoms with van der Waals surface area (Å²) in [7, 11) is 0. The number of amides is 2. The second-order valence-electron chi connectivity index (χ2n) is 7.10. The number of hydrogen-bond donors (Lipinski definition) is 2. The van der Waals surface area contributed by atoms with Crippen LogP contribution < -0.4 is 5.32 Å². The first-order chi connectivity index (χ1) is 12.0. The standard InChI is InChI=1S/C19H24N2O4/c1-12(13-2-3-13)17(22)20-16-6-4-14(5-7-16)18(23)21-10-8-15(9-11-21)19(24)25/h4-7,12-13,15H,2-3,8-11H2,1H3,(H,20,22)(H,24,25). The smallest absolute Gasteiger partial charge is 0.306 e. The van der Waals surface area contributed by atoms with Crippen LogP contribution in [0.2, 0.25) is 0 Å². The summed E-state index contributed by atoms with van der Waals surface area (Å²) in [6.07, 6.45) is 3.24. The average molecular weight is 344 g/mol. The largest absolute Gasteiger partial charge is 0.481 e. The fourth-order valence-corrected chi connectivity index (χ4v) is 3.27. The molecular weight excluding hydrogens is 320 g/mol. The van der Waals surface area contributed by atoms with Crippen molar-refractivity contribution in [1.82, 2.24) is 4.90 Å². The Morgan fingerprint density at radius 2 is 1.68 bits per heavy atom. The van der Waals surface area contributed by atoms with Gasteiger partial charge in [0.25, 0.3) is 5.91 Å². The Bertz CT molecular complexity index is 659. The second-order valence-corrected chi connectivity index (χ2v) is 7.10. The number of nitrogens with one attached hydrogen (secondary N) is 1. The number of piperidine rings is 1. The van der Waals surface area contributed by atoms with Gasteiger partial charge in [0.05, 0.1) is 5.92 Å². The second kappa shape index (κ2) is 7.25. The Kier molecular flexibility index (Phi) is 5.06. The van der Waals surface area contributed by atoms with Gasteiger partial charge in [0.2, 0.25) is 5.91 Å². The summed E-state index contributed by atoms with van der Waals surface area (Å²) < 4.78 is 0. The lowest BCUT2D eigenvalue weighted by Gasteiger charge is -2.30. The molecule has 2 amide bonds. The molecule has 0 bridgehead atoms. The van der Waals surface area contributed by atoms with Crippen molar-refractivity contribution in [3.63, 3.8) is 0 Å². The molecule has 0 spiro atoms. The van der Waals surface area contributed by atoms with Crippen LogP contribution in [0.25, 0.3) is 0 Å². The summed E-state index contributed by atoms with van der Waals surface area (Å²) in [6.45, 7) is 2.88. The lowest BCUT2D eigenvalue weighted by Crippen LogP contribution is -2.40. The number of hydrogen-bond acceptors (Lipinski definition) is 3. The third kappa shape index (κ3) is 4.18. The van der Waals surface area contributed by atoms with Gasteiger partial charge >= 0.3 is 5.97 Å². The number of benzene rings is 1. The van der Waals surface area contributed by atoms with Crippen LogP contribution in [0.15, 0.2) is 24.3 Å². The van der Waals surface area contributed by atoms with Gasteiger partial charge < -0.3 is 15.3 Å². The molecule has 1 aromatic rings. The van der Waals surface area contributed by atoms with Crippen LogP contribution in [-0.2, 0) is 9.59 Å². The van der Waals surface area contributed by atoms with E-state index in [1.165, 1.54) is 0 Å². The van der Waals surface area contributed by atoms with Crippen molar-refractivity contribution in [2.75, 3.05) is 18.4 Å². The Morgan fingerprint density at radius 3 is 2.20 bits per heavy atom. The maximum Gasteiger partial charge on any atom is 0.306 e. The van der Waals surface area contributed by atoms with E-state index in [2.05, 4.69) is 5.32 Å². The molecule has 2 N–H and O–H groups in total. The fourth-order valence-electron chi connectivity index (χ4n) is 3.27. The van der Waals surface area contributed by atoms with Gasteiger partial charge in [-0.1, -0.05) is 6.92 Å². The monoisotopic (exact) mass is 344 g/mol. The summed E-state index contributed by atoms with van der Waals surface area (Å²) in [5.41, 5.74) is 1.25. The normalized spacial score (nSPS) is 19.3. The number of carbonyl (C=O) groups is 3. The van der Waals surface area contributed by atoms with Crippen molar-refractivity contribution in [2.24, 2.45) is 17.8 Å². The molecular formula is C19H24N2O4. The molecule has 2 fully saturated rings. The minimum absolute atomic E-state index is 0.0249. The molecule has 1 unspecified atom stereocenters. The molecule has 3 rings (SSSR count). The van der Waals surface area contributed by atoms with Gasteiger partial charge in [0, 0.05) is 30.3 Å². The molecule has 1 saturated carbocycles. The molecule has 1 atom stereocenters. The number of nitrogens with zero attached hydrogens (tertiary/aromatic N) is 1. The fraction of sp³-hybridized carbons (Fsp3) is 0.526. The zero-order chi connectivity index (χ0) is 18.0. The highest BCUT2D eigenvalue weighted by Gasteiger charge is 2.32. The van der Waals surface area contributed by atoms with E-state index < -0.39 is 5.97 Å². The van der Waals surface area contributed by atoms with Gasteiger partial charge in [0.15, 0.2) is 0 Å². The van der Waals surface area contributed by atoms with Crippen molar-refractivity contribution >= 4 is 23.5 Å². The van der Waals surface area contributed by atoms with E-state index in [4.69, 9.17) is 5.11 Å². The Morgan fingerprint density at radius 1 is 1.08 bits per heavy atom. The maximum absolute atomic E-state index is 12.5. The molecule has 0 radical (unpaired) electrons. The number of anilines is 1. The summed E-state index contributed by atoms with van der Waals surface area (Å²) in [5.74, 6) is -0.667. The van der Waals surface area contributed by atoms with Crippen molar-refractivity contribution < 1.29 is 19.5 Å². The predicted octanol–water partition coefficient (Wildman–Crippen LogP) is 2.61. The zero-order valence-electron chi connectivity index (χ0n) is 14.4. The van der Waals surface area contributed by atoms with Crippen molar-refractivity contribution in [2.45, 2.75) is 32.6 Å². The quantitative estimate of drug-likeness (QED) is 0.859. The zero-order valence-corrected chi connectivity index (χ0v) is 14.4. The lowest BCUT2D eigenvalue weighted by molar-refractivity contribution is -0.143. The topological polar surface area (TPSA) is 86.7 Å². The number of rotatable bonds is 5. The third-order valence-electron chi connectivity index (χ3n) is 5.27. The van der Waals surface area contributed by atoms with E-state index in [-0.39, 0.29) is 23.7 Å². The predicted molar refractivity (Wildman–Crippen MR) is 93.2 cm³/mol. The molecule has 1 aromatic carbocycles. The number of likely N-dealkylation sites (tertiary alicyclic amines) is 1. The van der Waals surface area contributed by atoms with Gasteiger partial charge in [-0.2, -0.15) is 0 Å². The first-order valence-corrected chi connectivity index (χ1v) is 8.88. The third-order valence-corrected chi connectivity index (χ3v) is 5.27. The van der Waals surface area contributed by atoms with Crippen LogP contribution in [0.1, 0.15) is 43.0 Å². The molecule has 0 aromatic heterocycles. The summed E-state index contributed by atoms with van der Waals surface area (Å²) in [5, 5.41) is 11.9. The molecule has 1 heterocycles. The van der Waals surface area contributed by atoms with Crippen molar-refractivity contribution in [3.8, 4) is 0 Å². The first-order valence-electron chi connectivity index (χ1n) is 8.88. The molecule has 6 nitrogen and oxygen atoms in total. The molecule has 25 heavy (non-hydrogen) atoms. The van der Waals surface area contributed by atoms with E-state index >= 15 is 0 Å². The molecule has 134 valence electrons. The Labute approximate surface area is 147 Å². The number of aliphatic carboxylic acids is 1. The Balaban J connectivity index is 1.55. The molecule has 2 aliphatic rings. The highest BCUT2D eigenvalue weighted by molar-refractivity contribution is 5.96. The molecule has 1 saturated heterocycles. The number of carboxylic acid groups (broad SMARTS) is 1. The summed E-state index contributed by atoms with van der Waals surface area (Å²) in [6, 6.07) is 6.91. The van der Waals surface area contributed by atoms with Crippen LogP contribution >= 0.6 is 0 Å². The van der Waals surface area contributed by atoms with Gasteiger partial charge in [0.1, 0.15) is 0 Å². The van der Waals surface area contributed by atoms with Gasteiger partial charge in [-0.3, -0.25) is 14.4 Å². The van der Waals surface area contributed by atoms with Crippen LogP contribution in [0.5, 0.6) is 0 Å². The van der Waals surface area contributed by atoms with E-state index in [1.54, 1.807) is 29.2 Å². The van der Waals surface area contributed by atoms with E-state index in [0.717, 1.165) is 12.8 Å². The Hall–Kier alpha value is -2.37. The van der Waals surface area contributed by atoms with E-state index in [9.17, 15) is 14.4 Å². The van der Waals surface area contributed by atoms with Crippen LogP contribution in [-0.4, -0.2) is 40.9 Å². The van der Waals surface area contributed by atoms with Crippen molar-refractivity contribution in [3.05, 3.63) is 29.8 Å². The van der Waals surface area contributed by atoms with Gasteiger partial charge in [-0.15, -0.1) is 0 Å². The first kappa shape index (κ1) is 17.5. The molecule has 6 heteroatoms. The molecule has 1 aliphatic heterocycles. The van der Waals surface area contributed by atoms with Crippen LogP contribution in [0.4, 0.5) is 5.69 Å². The average Bonchev–Trinajstić information content (AvgIpc) is 3.46. The van der Waals surface area contributed by atoms with Crippen LogP contribution in [0, 0.1) is 17.8 Å². The summed E-state index contributed by atoms with van der Waals surface area (Å²) in [4.78, 5) is 37.3. The van der Waals surface area contributed by atoms with Crippen LogP contribution in [0.3, 0.4) is 0 Å². The van der Waals surface area contributed by atoms with E-state index in [1.807, 2.05) is 6.92 Å².